The summed E-state index contributed by atoms with van der Waals surface area (Å²) in [7, 11) is -2.02. The van der Waals surface area contributed by atoms with Gasteiger partial charge in [0.2, 0.25) is 0 Å². The molecule has 1 saturated carbocycles. The molecule has 8 heteroatoms. The van der Waals surface area contributed by atoms with Crippen molar-refractivity contribution in [1.82, 2.24) is 14.5 Å². The number of sulfonamides is 1. The van der Waals surface area contributed by atoms with Crippen molar-refractivity contribution in [3.05, 3.63) is 12.3 Å². The molecule has 1 aromatic rings. The fraction of sp³-hybridized carbons (Fsp3) is 0.600. The van der Waals surface area contributed by atoms with Crippen molar-refractivity contribution in [2.45, 2.75) is 30.3 Å². The maximum absolute atomic E-state index is 12.2. The van der Waals surface area contributed by atoms with E-state index in [2.05, 4.69) is 9.82 Å². The average molecular weight is 271 g/mol. The standard InChI is InChI=1S/C10H17N5O2S/c1-15-9(5-6-13-15)18(16,17)14-8-4-2-3-7(8)10(11)12/h5-8,14H,2-4H2,1H3,(H3,11,12). The van der Waals surface area contributed by atoms with Crippen LogP contribution in [0.25, 0.3) is 0 Å². The highest BCUT2D eigenvalue weighted by molar-refractivity contribution is 7.89. The fourth-order valence-electron chi connectivity index (χ4n) is 2.36. The molecule has 1 fully saturated rings. The van der Waals surface area contributed by atoms with Crippen LogP contribution in [-0.4, -0.2) is 30.1 Å². The Bertz CT molecular complexity index is 550. The van der Waals surface area contributed by atoms with Gasteiger partial charge in [-0.25, -0.2) is 13.1 Å². The summed E-state index contributed by atoms with van der Waals surface area (Å²) in [4.78, 5) is 0. The van der Waals surface area contributed by atoms with E-state index in [1.54, 1.807) is 7.05 Å². The Morgan fingerprint density at radius 1 is 1.61 bits per heavy atom. The molecular formula is C10H17N5O2S. The smallest absolute Gasteiger partial charge is 0.257 e. The molecule has 0 spiro atoms. The first-order valence-electron chi connectivity index (χ1n) is 5.76. The van der Waals surface area contributed by atoms with Crippen molar-refractivity contribution < 1.29 is 8.42 Å². The Labute approximate surface area is 106 Å². The number of nitrogens with one attached hydrogen (secondary N) is 2. The Morgan fingerprint density at radius 2 is 2.33 bits per heavy atom. The molecule has 7 nitrogen and oxygen atoms in total. The summed E-state index contributed by atoms with van der Waals surface area (Å²) >= 11 is 0. The van der Waals surface area contributed by atoms with Crippen molar-refractivity contribution in [2.75, 3.05) is 0 Å². The number of hydrogen-bond acceptors (Lipinski definition) is 4. The van der Waals surface area contributed by atoms with Crippen LogP contribution in [0.4, 0.5) is 0 Å². The third kappa shape index (κ3) is 2.39. The lowest BCUT2D eigenvalue weighted by molar-refractivity contribution is 0.512. The molecule has 2 rings (SSSR count). The van der Waals surface area contributed by atoms with E-state index < -0.39 is 10.0 Å². The van der Waals surface area contributed by atoms with Crippen LogP contribution in [-0.2, 0) is 17.1 Å². The van der Waals surface area contributed by atoms with Gasteiger partial charge in [-0.3, -0.25) is 10.1 Å². The molecular weight excluding hydrogens is 254 g/mol. The van der Waals surface area contributed by atoms with Crippen LogP contribution in [0.2, 0.25) is 0 Å². The van der Waals surface area contributed by atoms with Crippen molar-refractivity contribution in [3.8, 4) is 0 Å². The lowest BCUT2D eigenvalue weighted by Crippen LogP contribution is -2.42. The maximum atomic E-state index is 12.2. The zero-order valence-electron chi connectivity index (χ0n) is 10.1. The van der Waals surface area contributed by atoms with E-state index in [9.17, 15) is 8.42 Å². The lowest BCUT2D eigenvalue weighted by Gasteiger charge is -2.19. The summed E-state index contributed by atoms with van der Waals surface area (Å²) in [6.45, 7) is 0. The van der Waals surface area contributed by atoms with E-state index in [0.29, 0.717) is 6.42 Å². The average Bonchev–Trinajstić information content (AvgIpc) is 2.86. The molecule has 0 aliphatic heterocycles. The number of aromatic nitrogens is 2. The second kappa shape index (κ2) is 4.69. The van der Waals surface area contributed by atoms with Crippen LogP contribution >= 0.6 is 0 Å². The molecule has 4 N–H and O–H groups in total. The van der Waals surface area contributed by atoms with Crippen LogP contribution in [0.3, 0.4) is 0 Å². The highest BCUT2D eigenvalue weighted by Gasteiger charge is 2.33. The molecule has 1 aromatic heterocycles. The van der Waals surface area contributed by atoms with Crippen LogP contribution in [0.1, 0.15) is 19.3 Å². The summed E-state index contributed by atoms with van der Waals surface area (Å²) in [5.41, 5.74) is 5.49. The molecule has 0 saturated heterocycles. The predicted octanol–water partition coefficient (Wildman–Crippen LogP) is -0.197. The van der Waals surface area contributed by atoms with E-state index in [0.717, 1.165) is 12.8 Å². The van der Waals surface area contributed by atoms with Gasteiger partial charge in [-0.2, -0.15) is 5.10 Å². The first-order valence-corrected chi connectivity index (χ1v) is 7.24. The highest BCUT2D eigenvalue weighted by Crippen LogP contribution is 2.26. The second-order valence-electron chi connectivity index (χ2n) is 4.51. The van der Waals surface area contributed by atoms with Crippen LogP contribution in [0.5, 0.6) is 0 Å². The van der Waals surface area contributed by atoms with Gasteiger partial charge in [-0.05, 0) is 18.9 Å². The zero-order chi connectivity index (χ0) is 13.3. The van der Waals surface area contributed by atoms with E-state index in [1.165, 1.54) is 16.9 Å². The van der Waals surface area contributed by atoms with Gasteiger partial charge >= 0.3 is 0 Å². The van der Waals surface area contributed by atoms with Gasteiger partial charge in [0.05, 0.1) is 12.0 Å². The third-order valence-corrected chi connectivity index (χ3v) is 4.84. The van der Waals surface area contributed by atoms with E-state index >= 15 is 0 Å². The van der Waals surface area contributed by atoms with Crippen molar-refractivity contribution in [2.24, 2.45) is 18.7 Å². The Kier molecular flexibility index (Phi) is 3.40. The Balaban J connectivity index is 2.19. The monoisotopic (exact) mass is 271 g/mol. The first-order chi connectivity index (χ1) is 8.42. The highest BCUT2D eigenvalue weighted by atomic mass is 32.2. The molecule has 2 unspecified atom stereocenters. The molecule has 1 aliphatic carbocycles. The normalized spacial score (nSPS) is 24.3. The quantitative estimate of drug-likeness (QED) is 0.520. The summed E-state index contributed by atoms with van der Waals surface area (Å²) in [5, 5.41) is 11.4. The molecule has 0 aromatic carbocycles. The lowest BCUT2D eigenvalue weighted by atomic mass is 10.0. The molecule has 0 radical (unpaired) electrons. The van der Waals surface area contributed by atoms with Gasteiger partial charge < -0.3 is 5.73 Å². The molecule has 0 bridgehead atoms. The fourth-order valence-corrected chi connectivity index (χ4v) is 3.79. The van der Waals surface area contributed by atoms with Gasteiger partial charge in [0.25, 0.3) is 10.0 Å². The third-order valence-electron chi connectivity index (χ3n) is 3.27. The molecule has 1 heterocycles. The first kappa shape index (κ1) is 13.0. The van der Waals surface area contributed by atoms with Crippen LogP contribution in [0, 0.1) is 11.3 Å². The zero-order valence-corrected chi connectivity index (χ0v) is 10.9. The summed E-state index contributed by atoms with van der Waals surface area (Å²) in [6.07, 6.45) is 3.78. The van der Waals surface area contributed by atoms with Crippen molar-refractivity contribution >= 4 is 15.9 Å². The number of hydrogen-bond donors (Lipinski definition) is 3. The minimum absolute atomic E-state index is 0.0465. The van der Waals surface area contributed by atoms with Crippen LogP contribution < -0.4 is 10.5 Å². The van der Waals surface area contributed by atoms with Gasteiger partial charge in [0.1, 0.15) is 0 Å². The van der Waals surface area contributed by atoms with E-state index in [-0.39, 0.29) is 22.8 Å². The molecule has 0 amide bonds. The minimum atomic E-state index is -3.60. The second-order valence-corrected chi connectivity index (χ2v) is 6.17. The van der Waals surface area contributed by atoms with Gasteiger partial charge in [-0.1, -0.05) is 6.42 Å². The van der Waals surface area contributed by atoms with E-state index in [1.807, 2.05) is 0 Å². The minimum Gasteiger partial charge on any atom is -0.387 e. The van der Waals surface area contributed by atoms with Crippen molar-refractivity contribution in [3.63, 3.8) is 0 Å². The number of aryl methyl sites for hydroxylation is 1. The van der Waals surface area contributed by atoms with E-state index in [4.69, 9.17) is 11.1 Å². The van der Waals surface area contributed by atoms with Gasteiger partial charge in [0.15, 0.2) is 5.03 Å². The molecule has 100 valence electrons. The van der Waals surface area contributed by atoms with Gasteiger partial charge in [0, 0.05) is 19.0 Å². The van der Waals surface area contributed by atoms with Crippen LogP contribution in [0.15, 0.2) is 17.3 Å². The Hall–Kier alpha value is -1.41. The Morgan fingerprint density at radius 3 is 2.89 bits per heavy atom. The number of amidine groups is 1. The molecule has 1 aliphatic rings. The summed E-state index contributed by atoms with van der Waals surface area (Å²) in [5.74, 6) is -0.154. The number of rotatable bonds is 4. The topological polar surface area (TPSA) is 114 Å². The summed E-state index contributed by atoms with van der Waals surface area (Å²) < 4.78 is 28.2. The number of nitrogens with zero attached hydrogens (tertiary/aromatic N) is 2. The van der Waals surface area contributed by atoms with Crippen molar-refractivity contribution in [1.29, 1.82) is 5.41 Å². The maximum Gasteiger partial charge on any atom is 0.257 e. The predicted molar refractivity (Wildman–Crippen MR) is 66.6 cm³/mol. The molecule has 2 atom stereocenters. The largest absolute Gasteiger partial charge is 0.387 e. The number of nitrogens with two attached hydrogens (primary N) is 1. The summed E-state index contributed by atoms with van der Waals surface area (Å²) in [6, 6.07) is 1.16. The van der Waals surface area contributed by atoms with Gasteiger partial charge in [-0.15, -0.1) is 0 Å². The SMILES string of the molecule is Cn1nccc1S(=O)(=O)NC1CCCC1C(=N)N. The molecule has 18 heavy (non-hydrogen) atoms.